The predicted molar refractivity (Wildman–Crippen MR) is 101 cm³/mol. The highest BCUT2D eigenvalue weighted by Gasteiger charge is 2.33. The summed E-state index contributed by atoms with van der Waals surface area (Å²) in [6.45, 7) is 4.60. The predicted octanol–water partition coefficient (Wildman–Crippen LogP) is 2.81. The summed E-state index contributed by atoms with van der Waals surface area (Å²) in [6, 6.07) is 15.3. The molecule has 5 heteroatoms. The van der Waals surface area contributed by atoms with Crippen molar-refractivity contribution in [3.8, 4) is 5.75 Å². The number of hydrogen-bond donors (Lipinski definition) is 0. The van der Waals surface area contributed by atoms with E-state index in [1.165, 1.54) is 0 Å². The molecular formula is C21H24N2O3. The molecule has 0 aromatic heterocycles. The molecule has 0 spiro atoms. The van der Waals surface area contributed by atoms with E-state index in [0.717, 1.165) is 22.6 Å². The first-order valence-corrected chi connectivity index (χ1v) is 8.78. The molecule has 26 heavy (non-hydrogen) atoms. The van der Waals surface area contributed by atoms with Crippen molar-refractivity contribution in [2.75, 3.05) is 25.1 Å². The van der Waals surface area contributed by atoms with Crippen LogP contribution in [0.1, 0.15) is 18.1 Å². The summed E-state index contributed by atoms with van der Waals surface area (Å²) in [4.78, 5) is 28.9. The summed E-state index contributed by atoms with van der Waals surface area (Å²) in [5, 5.41) is 0. The van der Waals surface area contributed by atoms with Crippen LogP contribution in [0.4, 0.5) is 5.69 Å². The normalized spacial score (nSPS) is 17.3. The molecule has 1 aliphatic rings. The van der Waals surface area contributed by atoms with Crippen molar-refractivity contribution in [2.45, 2.75) is 26.3 Å². The molecule has 0 N–H and O–H groups in total. The van der Waals surface area contributed by atoms with Crippen LogP contribution in [-0.4, -0.2) is 43.0 Å². The van der Waals surface area contributed by atoms with E-state index in [0.29, 0.717) is 6.54 Å². The van der Waals surface area contributed by atoms with Gasteiger partial charge in [-0.25, -0.2) is 0 Å². The van der Waals surface area contributed by atoms with Gasteiger partial charge >= 0.3 is 0 Å². The van der Waals surface area contributed by atoms with Crippen LogP contribution in [0.5, 0.6) is 5.75 Å². The van der Waals surface area contributed by atoms with E-state index >= 15 is 0 Å². The smallest absolute Gasteiger partial charge is 0.246 e. The van der Waals surface area contributed by atoms with E-state index in [4.69, 9.17) is 4.74 Å². The van der Waals surface area contributed by atoms with E-state index < -0.39 is 0 Å². The van der Waals surface area contributed by atoms with Crippen molar-refractivity contribution >= 4 is 17.5 Å². The van der Waals surface area contributed by atoms with Crippen molar-refractivity contribution in [1.82, 2.24) is 4.90 Å². The Bertz CT molecular complexity index is 818. The molecule has 0 bridgehead atoms. The quantitative estimate of drug-likeness (QED) is 0.850. The van der Waals surface area contributed by atoms with Crippen LogP contribution in [0.25, 0.3) is 0 Å². The van der Waals surface area contributed by atoms with Gasteiger partial charge < -0.3 is 14.5 Å². The van der Waals surface area contributed by atoms with E-state index in [1.807, 2.05) is 62.4 Å². The van der Waals surface area contributed by atoms with Gasteiger partial charge in [0.15, 0.2) is 0 Å². The third kappa shape index (κ3) is 3.72. The molecule has 136 valence electrons. The second-order valence-electron chi connectivity index (χ2n) is 6.69. The van der Waals surface area contributed by atoms with E-state index in [-0.39, 0.29) is 30.8 Å². The Kier molecular flexibility index (Phi) is 5.26. The maximum Gasteiger partial charge on any atom is 0.246 e. The standard InChI is InChI=1S/C21H24N2O3/c1-15-7-4-5-10-19(15)23-13-16(2)22(14-21(23)25)20(24)12-17-8-6-9-18(11-17)26-3/h4-11,16H,12-14H2,1-3H3/t16-/m0/s1. The first-order chi connectivity index (χ1) is 12.5. The summed E-state index contributed by atoms with van der Waals surface area (Å²) >= 11 is 0. The number of aryl methyl sites for hydroxylation is 1. The molecule has 2 aromatic carbocycles. The van der Waals surface area contributed by atoms with Crippen molar-refractivity contribution in [1.29, 1.82) is 0 Å². The number of hydrogen-bond acceptors (Lipinski definition) is 3. The van der Waals surface area contributed by atoms with Crippen molar-refractivity contribution in [2.24, 2.45) is 0 Å². The second-order valence-corrected chi connectivity index (χ2v) is 6.69. The first-order valence-electron chi connectivity index (χ1n) is 8.78. The van der Waals surface area contributed by atoms with Crippen molar-refractivity contribution in [3.05, 3.63) is 59.7 Å². The number of ether oxygens (including phenoxy) is 1. The lowest BCUT2D eigenvalue weighted by Gasteiger charge is -2.40. The minimum Gasteiger partial charge on any atom is -0.497 e. The number of carbonyl (C=O) groups is 2. The van der Waals surface area contributed by atoms with Gasteiger partial charge in [0, 0.05) is 18.3 Å². The van der Waals surface area contributed by atoms with Gasteiger partial charge in [-0.15, -0.1) is 0 Å². The SMILES string of the molecule is COc1cccc(CC(=O)N2CC(=O)N(c3ccccc3C)C[C@@H]2C)c1. The maximum absolute atomic E-state index is 12.7. The second kappa shape index (κ2) is 7.60. The fraction of sp³-hybridized carbons (Fsp3) is 0.333. The summed E-state index contributed by atoms with van der Waals surface area (Å²) < 4.78 is 5.21. The number of carbonyl (C=O) groups excluding carboxylic acids is 2. The van der Waals surface area contributed by atoms with Crippen LogP contribution < -0.4 is 9.64 Å². The maximum atomic E-state index is 12.7. The highest BCUT2D eigenvalue weighted by atomic mass is 16.5. The number of piperazine rings is 1. The van der Waals surface area contributed by atoms with Crippen molar-refractivity contribution < 1.29 is 14.3 Å². The first kappa shape index (κ1) is 18.0. The molecule has 0 aliphatic carbocycles. The molecule has 1 atom stereocenters. The van der Waals surface area contributed by atoms with Gasteiger partial charge in [0.1, 0.15) is 12.3 Å². The molecule has 1 fully saturated rings. The summed E-state index contributed by atoms with van der Waals surface area (Å²) in [5.41, 5.74) is 2.86. The fourth-order valence-corrected chi connectivity index (χ4v) is 3.34. The molecule has 0 saturated carbocycles. The van der Waals surface area contributed by atoms with E-state index in [1.54, 1.807) is 16.9 Å². The van der Waals surface area contributed by atoms with Crippen LogP contribution in [-0.2, 0) is 16.0 Å². The molecule has 0 radical (unpaired) electrons. The molecule has 5 nitrogen and oxygen atoms in total. The Morgan fingerprint density at radius 1 is 1.19 bits per heavy atom. The van der Waals surface area contributed by atoms with Gasteiger partial charge in [-0.3, -0.25) is 9.59 Å². The molecule has 1 saturated heterocycles. The molecule has 2 amide bonds. The fourth-order valence-electron chi connectivity index (χ4n) is 3.34. The van der Waals surface area contributed by atoms with Crippen LogP contribution in [0.15, 0.2) is 48.5 Å². The number of nitrogens with zero attached hydrogens (tertiary/aromatic N) is 2. The number of para-hydroxylation sites is 1. The van der Waals surface area contributed by atoms with E-state index in [2.05, 4.69) is 0 Å². The van der Waals surface area contributed by atoms with Crippen LogP contribution in [0.2, 0.25) is 0 Å². The lowest BCUT2D eigenvalue weighted by Crippen LogP contribution is -2.57. The highest BCUT2D eigenvalue weighted by molar-refractivity contribution is 5.99. The Morgan fingerprint density at radius 2 is 1.96 bits per heavy atom. The average Bonchev–Trinajstić information content (AvgIpc) is 2.64. The molecule has 0 unspecified atom stereocenters. The largest absolute Gasteiger partial charge is 0.497 e. The number of anilines is 1. The third-order valence-electron chi connectivity index (χ3n) is 4.80. The Morgan fingerprint density at radius 3 is 2.69 bits per heavy atom. The number of rotatable bonds is 4. The monoisotopic (exact) mass is 352 g/mol. The zero-order chi connectivity index (χ0) is 18.7. The van der Waals surface area contributed by atoms with Gasteiger partial charge in [-0.1, -0.05) is 30.3 Å². The number of amides is 2. The average molecular weight is 352 g/mol. The Labute approximate surface area is 154 Å². The topological polar surface area (TPSA) is 49.9 Å². The minimum atomic E-state index is -0.0450. The molecule has 1 aliphatic heterocycles. The lowest BCUT2D eigenvalue weighted by molar-refractivity contribution is -0.138. The lowest BCUT2D eigenvalue weighted by atomic mass is 10.1. The van der Waals surface area contributed by atoms with Gasteiger partial charge in [0.2, 0.25) is 11.8 Å². The summed E-state index contributed by atoms with van der Waals surface area (Å²) in [7, 11) is 1.60. The highest BCUT2D eigenvalue weighted by Crippen LogP contribution is 2.24. The number of methoxy groups -OCH3 is 1. The molecular weight excluding hydrogens is 328 g/mol. The summed E-state index contributed by atoms with van der Waals surface area (Å²) in [5.74, 6) is 0.642. The summed E-state index contributed by atoms with van der Waals surface area (Å²) in [6.07, 6.45) is 0.263. The van der Waals surface area contributed by atoms with E-state index in [9.17, 15) is 9.59 Å². The Balaban J connectivity index is 1.72. The zero-order valence-electron chi connectivity index (χ0n) is 15.4. The van der Waals surface area contributed by atoms with Crippen LogP contribution in [0.3, 0.4) is 0 Å². The number of benzene rings is 2. The van der Waals surface area contributed by atoms with Crippen LogP contribution >= 0.6 is 0 Å². The van der Waals surface area contributed by atoms with Crippen LogP contribution in [0, 0.1) is 6.92 Å². The van der Waals surface area contributed by atoms with Gasteiger partial charge in [0.05, 0.1) is 13.5 Å². The zero-order valence-corrected chi connectivity index (χ0v) is 15.4. The molecule has 2 aromatic rings. The van der Waals surface area contributed by atoms with Crippen molar-refractivity contribution in [3.63, 3.8) is 0 Å². The van der Waals surface area contributed by atoms with Gasteiger partial charge in [-0.2, -0.15) is 0 Å². The molecule has 3 rings (SSSR count). The Hall–Kier alpha value is -2.82. The van der Waals surface area contributed by atoms with Gasteiger partial charge in [-0.05, 0) is 43.2 Å². The minimum absolute atomic E-state index is 0.0367. The molecule has 1 heterocycles. The third-order valence-corrected chi connectivity index (χ3v) is 4.80. The van der Waals surface area contributed by atoms with Gasteiger partial charge in [0.25, 0.3) is 0 Å².